The van der Waals surface area contributed by atoms with E-state index < -0.39 is 0 Å². The van der Waals surface area contributed by atoms with Gasteiger partial charge >= 0.3 is 0 Å². The van der Waals surface area contributed by atoms with Crippen LogP contribution >= 0.6 is 0 Å². The lowest BCUT2D eigenvalue weighted by Crippen LogP contribution is -2.44. The maximum atomic E-state index is 6.33. The van der Waals surface area contributed by atoms with E-state index in [1.165, 1.54) is 38.2 Å². The first-order valence-electron chi connectivity index (χ1n) is 11.0. The lowest BCUT2D eigenvalue weighted by Gasteiger charge is -2.37. The first-order valence-corrected chi connectivity index (χ1v) is 11.0. The fourth-order valence-corrected chi connectivity index (χ4v) is 4.29. The number of rotatable bonds is 7. The average Bonchev–Trinajstić information content (AvgIpc) is 2.89. The molecule has 2 unspecified atom stereocenters. The summed E-state index contributed by atoms with van der Waals surface area (Å²) < 4.78 is 12.0. The van der Waals surface area contributed by atoms with Gasteiger partial charge in [-0.05, 0) is 83.3 Å². The molecular formula is C23H39N3O2. The molecule has 1 aromatic carbocycles. The smallest absolute Gasteiger partial charge is 0.119 e. The Balaban J connectivity index is 1.41. The number of likely N-dealkylation sites (N-methyl/N-ethyl adjacent to an activating group) is 1. The summed E-state index contributed by atoms with van der Waals surface area (Å²) in [5, 5.41) is 0. The van der Waals surface area contributed by atoms with E-state index in [-0.39, 0.29) is 11.6 Å². The molecule has 28 heavy (non-hydrogen) atoms. The zero-order valence-corrected chi connectivity index (χ0v) is 18.0. The summed E-state index contributed by atoms with van der Waals surface area (Å²) in [4.78, 5) is 4.98. The third-order valence-electron chi connectivity index (χ3n) is 6.29. The molecule has 0 bridgehead atoms. The van der Waals surface area contributed by atoms with Gasteiger partial charge < -0.3 is 25.0 Å². The molecule has 0 radical (unpaired) electrons. The molecule has 5 nitrogen and oxygen atoms in total. The van der Waals surface area contributed by atoms with Crippen molar-refractivity contribution >= 4 is 0 Å². The number of nitrogens with two attached hydrogens (primary N) is 1. The average molecular weight is 390 g/mol. The quantitative estimate of drug-likeness (QED) is 0.725. The summed E-state index contributed by atoms with van der Waals surface area (Å²) in [7, 11) is 2.21. The highest BCUT2D eigenvalue weighted by Gasteiger charge is 2.32. The van der Waals surface area contributed by atoms with E-state index in [0.717, 1.165) is 44.8 Å². The first kappa shape index (κ1) is 21.6. The highest BCUT2D eigenvalue weighted by molar-refractivity contribution is 5.29. The van der Waals surface area contributed by atoms with Gasteiger partial charge in [0.05, 0.1) is 12.7 Å². The number of hydrogen-bond donors (Lipinski definition) is 1. The molecule has 2 heterocycles. The Kier molecular flexibility index (Phi) is 7.75. The Morgan fingerprint density at radius 1 is 1.14 bits per heavy atom. The number of benzene rings is 1. The number of hydrogen-bond acceptors (Lipinski definition) is 5. The lowest BCUT2D eigenvalue weighted by atomic mass is 9.79. The zero-order chi connectivity index (χ0) is 20.0. The summed E-state index contributed by atoms with van der Waals surface area (Å²) in [5.41, 5.74) is 7.42. The van der Waals surface area contributed by atoms with E-state index in [2.05, 4.69) is 55.0 Å². The van der Waals surface area contributed by atoms with Gasteiger partial charge in [-0.1, -0.05) is 12.1 Å². The van der Waals surface area contributed by atoms with Crippen LogP contribution in [0.4, 0.5) is 0 Å². The Labute approximate surface area is 171 Å². The van der Waals surface area contributed by atoms with Crippen LogP contribution in [0.5, 0.6) is 5.75 Å². The molecule has 158 valence electrons. The van der Waals surface area contributed by atoms with Crippen LogP contribution < -0.4 is 10.5 Å². The van der Waals surface area contributed by atoms with E-state index in [4.69, 9.17) is 15.2 Å². The van der Waals surface area contributed by atoms with Gasteiger partial charge in [0.2, 0.25) is 0 Å². The van der Waals surface area contributed by atoms with Crippen molar-refractivity contribution in [3.05, 3.63) is 29.8 Å². The van der Waals surface area contributed by atoms with E-state index in [1.807, 2.05) is 0 Å². The standard InChI is InChI=1S/C23H39N3O2/c1-23(2,24)20-10-17-28-22(18-20)19-6-8-21(9-7-19)27-16-5-13-26-12-4-11-25(3)14-15-26/h6-9,20,22H,4-5,10-18,24H2,1-3H3. The van der Waals surface area contributed by atoms with Crippen LogP contribution in [-0.4, -0.2) is 68.3 Å². The summed E-state index contributed by atoms with van der Waals surface area (Å²) >= 11 is 0. The molecule has 2 N–H and O–H groups in total. The number of nitrogens with zero attached hydrogens (tertiary/aromatic N) is 2. The van der Waals surface area contributed by atoms with Crippen molar-refractivity contribution in [3.8, 4) is 5.75 Å². The largest absolute Gasteiger partial charge is 0.494 e. The summed E-state index contributed by atoms with van der Waals surface area (Å²) in [6, 6.07) is 8.46. The van der Waals surface area contributed by atoms with Crippen molar-refractivity contribution in [2.75, 3.05) is 53.0 Å². The summed E-state index contributed by atoms with van der Waals surface area (Å²) in [6.45, 7) is 11.7. The van der Waals surface area contributed by atoms with Gasteiger partial charge in [-0.3, -0.25) is 0 Å². The van der Waals surface area contributed by atoms with Crippen molar-refractivity contribution in [2.45, 2.75) is 51.2 Å². The molecule has 0 aliphatic carbocycles. The van der Waals surface area contributed by atoms with Gasteiger partial charge in [0.15, 0.2) is 0 Å². The highest BCUT2D eigenvalue weighted by Crippen LogP contribution is 2.36. The monoisotopic (exact) mass is 389 g/mol. The van der Waals surface area contributed by atoms with Crippen LogP contribution in [0.3, 0.4) is 0 Å². The summed E-state index contributed by atoms with van der Waals surface area (Å²) in [6.07, 6.45) is 4.54. The first-order chi connectivity index (χ1) is 13.4. The second-order valence-corrected chi connectivity index (χ2v) is 9.17. The van der Waals surface area contributed by atoms with Crippen LogP contribution in [0.25, 0.3) is 0 Å². The Morgan fingerprint density at radius 3 is 2.68 bits per heavy atom. The Hall–Kier alpha value is -1.14. The maximum absolute atomic E-state index is 6.33. The number of ether oxygens (including phenoxy) is 2. The molecule has 2 atom stereocenters. The Morgan fingerprint density at radius 2 is 1.93 bits per heavy atom. The molecule has 0 amide bonds. The van der Waals surface area contributed by atoms with Crippen LogP contribution in [0, 0.1) is 5.92 Å². The van der Waals surface area contributed by atoms with Gasteiger partial charge in [-0.15, -0.1) is 0 Å². The topological polar surface area (TPSA) is 51.0 Å². The minimum absolute atomic E-state index is 0.145. The fraction of sp³-hybridized carbons (Fsp3) is 0.739. The minimum Gasteiger partial charge on any atom is -0.494 e. The van der Waals surface area contributed by atoms with Crippen molar-refractivity contribution in [2.24, 2.45) is 11.7 Å². The second kappa shape index (κ2) is 10.1. The van der Waals surface area contributed by atoms with Gasteiger partial charge in [-0.25, -0.2) is 0 Å². The van der Waals surface area contributed by atoms with E-state index in [0.29, 0.717) is 5.92 Å². The van der Waals surface area contributed by atoms with Gasteiger partial charge in [0.25, 0.3) is 0 Å². The van der Waals surface area contributed by atoms with Crippen LogP contribution in [0.15, 0.2) is 24.3 Å². The normalized spacial score (nSPS) is 25.4. The van der Waals surface area contributed by atoms with E-state index >= 15 is 0 Å². The summed E-state index contributed by atoms with van der Waals surface area (Å²) in [5.74, 6) is 1.45. The molecule has 0 saturated carbocycles. The predicted molar refractivity (Wildman–Crippen MR) is 115 cm³/mol. The Bertz CT molecular complexity index is 585. The van der Waals surface area contributed by atoms with Gasteiger partial charge in [-0.2, -0.15) is 0 Å². The van der Waals surface area contributed by atoms with Crippen molar-refractivity contribution in [3.63, 3.8) is 0 Å². The molecule has 5 heteroatoms. The minimum atomic E-state index is -0.145. The van der Waals surface area contributed by atoms with Crippen LogP contribution in [0.2, 0.25) is 0 Å². The molecule has 0 spiro atoms. The highest BCUT2D eigenvalue weighted by atomic mass is 16.5. The van der Waals surface area contributed by atoms with Crippen molar-refractivity contribution < 1.29 is 9.47 Å². The van der Waals surface area contributed by atoms with Crippen molar-refractivity contribution in [1.82, 2.24) is 9.80 Å². The van der Waals surface area contributed by atoms with Crippen molar-refractivity contribution in [1.29, 1.82) is 0 Å². The second-order valence-electron chi connectivity index (χ2n) is 9.17. The maximum Gasteiger partial charge on any atom is 0.119 e. The SMILES string of the molecule is CN1CCCN(CCCOc2ccc(C3CC(C(C)(C)N)CCO3)cc2)CC1. The molecule has 1 aromatic rings. The third kappa shape index (κ3) is 6.45. The van der Waals surface area contributed by atoms with Crippen LogP contribution in [0.1, 0.15) is 51.2 Å². The molecule has 2 aliphatic rings. The molecule has 3 rings (SSSR count). The molecule has 2 fully saturated rings. The van der Waals surface area contributed by atoms with Crippen LogP contribution in [-0.2, 0) is 4.74 Å². The predicted octanol–water partition coefficient (Wildman–Crippen LogP) is 3.30. The third-order valence-corrected chi connectivity index (χ3v) is 6.29. The zero-order valence-electron chi connectivity index (χ0n) is 18.0. The molecule has 2 aliphatic heterocycles. The molecule has 0 aromatic heterocycles. The fourth-order valence-electron chi connectivity index (χ4n) is 4.29. The van der Waals surface area contributed by atoms with Gasteiger partial charge in [0, 0.05) is 31.8 Å². The molecular weight excluding hydrogens is 350 g/mol. The van der Waals surface area contributed by atoms with Gasteiger partial charge in [0.1, 0.15) is 5.75 Å². The lowest BCUT2D eigenvalue weighted by molar-refractivity contribution is -0.0249. The van der Waals surface area contributed by atoms with E-state index in [9.17, 15) is 0 Å². The molecule has 2 saturated heterocycles. The van der Waals surface area contributed by atoms with E-state index in [1.54, 1.807) is 0 Å².